The summed E-state index contributed by atoms with van der Waals surface area (Å²) < 4.78 is 0. The highest BCUT2D eigenvalue weighted by atomic mass is 35.5. The molecule has 0 spiro atoms. The Hall–Kier alpha value is -1.88. The van der Waals surface area contributed by atoms with E-state index in [1.54, 1.807) is 0 Å². The summed E-state index contributed by atoms with van der Waals surface area (Å²) in [6.45, 7) is -0.0120. The van der Waals surface area contributed by atoms with E-state index in [1.807, 2.05) is 60.0 Å². The quantitative estimate of drug-likeness (QED) is 0.718. The predicted molar refractivity (Wildman–Crippen MR) is 92.5 cm³/mol. The van der Waals surface area contributed by atoms with Crippen molar-refractivity contribution in [3.63, 3.8) is 0 Å². The molecule has 1 aromatic heterocycles. The molecule has 0 aliphatic carbocycles. The standard InChI is InChI=1S/C17H15ClN2OS/c18-14-8-6-13(7-9-14)15(10-21)19-17-20-16(11-22-17)12-4-2-1-3-5-12/h1-9,11,15,21H,10H2,(H,19,20). The Morgan fingerprint density at radius 2 is 1.82 bits per heavy atom. The van der Waals surface area contributed by atoms with Gasteiger partial charge in [0.1, 0.15) is 0 Å². The molecule has 0 amide bonds. The summed E-state index contributed by atoms with van der Waals surface area (Å²) in [4.78, 5) is 4.58. The number of aliphatic hydroxyl groups excluding tert-OH is 1. The third-order valence-corrected chi connectivity index (χ3v) is 4.35. The van der Waals surface area contributed by atoms with Crippen LogP contribution in [0.1, 0.15) is 11.6 Å². The van der Waals surface area contributed by atoms with Crippen molar-refractivity contribution in [2.45, 2.75) is 6.04 Å². The molecule has 0 aliphatic rings. The van der Waals surface area contributed by atoms with E-state index in [1.165, 1.54) is 11.3 Å². The minimum Gasteiger partial charge on any atom is -0.394 e. The molecule has 3 nitrogen and oxygen atoms in total. The number of aromatic nitrogens is 1. The molecule has 0 radical (unpaired) electrons. The molecule has 0 aliphatic heterocycles. The topological polar surface area (TPSA) is 45.1 Å². The van der Waals surface area contributed by atoms with Gasteiger partial charge in [-0.1, -0.05) is 54.1 Å². The number of nitrogens with one attached hydrogen (secondary N) is 1. The van der Waals surface area contributed by atoms with Gasteiger partial charge in [-0.05, 0) is 17.7 Å². The Kier molecular flexibility index (Phi) is 4.73. The number of benzene rings is 2. The number of hydrogen-bond donors (Lipinski definition) is 2. The van der Waals surface area contributed by atoms with Crippen LogP contribution >= 0.6 is 22.9 Å². The van der Waals surface area contributed by atoms with E-state index in [0.717, 1.165) is 22.0 Å². The molecule has 2 N–H and O–H groups in total. The smallest absolute Gasteiger partial charge is 0.183 e. The molecular formula is C17H15ClN2OS. The first-order valence-electron chi connectivity index (χ1n) is 6.90. The number of halogens is 1. The summed E-state index contributed by atoms with van der Waals surface area (Å²) in [5, 5.41) is 16.4. The minimum absolute atomic E-state index is 0.0120. The maximum atomic E-state index is 9.62. The van der Waals surface area contributed by atoms with Gasteiger partial charge in [0.05, 0.1) is 18.3 Å². The summed E-state index contributed by atoms with van der Waals surface area (Å²) in [5.74, 6) is 0. The number of anilines is 1. The molecule has 0 fully saturated rings. The van der Waals surface area contributed by atoms with Crippen LogP contribution in [0.15, 0.2) is 60.0 Å². The monoisotopic (exact) mass is 330 g/mol. The maximum absolute atomic E-state index is 9.62. The van der Waals surface area contributed by atoms with Gasteiger partial charge in [0.25, 0.3) is 0 Å². The lowest BCUT2D eigenvalue weighted by molar-refractivity contribution is 0.276. The molecule has 3 rings (SSSR count). The SMILES string of the molecule is OCC(Nc1nc(-c2ccccc2)cs1)c1ccc(Cl)cc1. The molecule has 112 valence electrons. The van der Waals surface area contributed by atoms with Crippen LogP contribution in [0.3, 0.4) is 0 Å². The van der Waals surface area contributed by atoms with Crippen LogP contribution in [-0.4, -0.2) is 16.7 Å². The molecule has 3 aromatic rings. The average Bonchev–Trinajstić information content (AvgIpc) is 3.03. The molecule has 5 heteroatoms. The lowest BCUT2D eigenvalue weighted by Gasteiger charge is -2.15. The molecule has 2 aromatic carbocycles. The fraction of sp³-hybridized carbons (Fsp3) is 0.118. The molecule has 1 atom stereocenters. The molecule has 1 unspecified atom stereocenters. The van der Waals surface area contributed by atoms with E-state index in [2.05, 4.69) is 10.3 Å². The highest BCUT2D eigenvalue weighted by molar-refractivity contribution is 7.14. The third-order valence-electron chi connectivity index (χ3n) is 3.33. The molecule has 22 heavy (non-hydrogen) atoms. The Morgan fingerprint density at radius 1 is 1.09 bits per heavy atom. The predicted octanol–water partition coefficient (Wildman–Crippen LogP) is 4.61. The fourth-order valence-electron chi connectivity index (χ4n) is 2.16. The van der Waals surface area contributed by atoms with Crippen LogP contribution < -0.4 is 5.32 Å². The van der Waals surface area contributed by atoms with E-state index in [9.17, 15) is 5.11 Å². The molecule has 0 saturated heterocycles. The Bertz CT molecular complexity index is 728. The number of aliphatic hydroxyl groups is 1. The van der Waals surface area contributed by atoms with Crippen molar-refractivity contribution >= 4 is 28.1 Å². The first-order chi connectivity index (χ1) is 10.8. The Balaban J connectivity index is 1.77. The van der Waals surface area contributed by atoms with Crippen molar-refractivity contribution in [3.05, 3.63) is 70.6 Å². The number of nitrogens with zero attached hydrogens (tertiary/aromatic N) is 1. The van der Waals surface area contributed by atoms with Crippen LogP contribution in [0.5, 0.6) is 0 Å². The lowest BCUT2D eigenvalue weighted by Crippen LogP contribution is -2.14. The number of hydrogen-bond acceptors (Lipinski definition) is 4. The maximum Gasteiger partial charge on any atom is 0.183 e. The number of thiazole rings is 1. The Morgan fingerprint density at radius 3 is 2.50 bits per heavy atom. The second-order valence-corrected chi connectivity index (χ2v) is 6.13. The average molecular weight is 331 g/mol. The second-order valence-electron chi connectivity index (χ2n) is 4.83. The van der Waals surface area contributed by atoms with Crippen LogP contribution in [-0.2, 0) is 0 Å². The van der Waals surface area contributed by atoms with Crippen molar-refractivity contribution in [2.24, 2.45) is 0 Å². The van der Waals surface area contributed by atoms with Crippen molar-refractivity contribution in [3.8, 4) is 11.3 Å². The highest BCUT2D eigenvalue weighted by Crippen LogP contribution is 2.27. The first-order valence-corrected chi connectivity index (χ1v) is 8.16. The zero-order valence-electron chi connectivity index (χ0n) is 11.7. The molecule has 0 saturated carbocycles. The third kappa shape index (κ3) is 3.47. The minimum atomic E-state index is -0.202. The van der Waals surface area contributed by atoms with Crippen LogP contribution in [0.25, 0.3) is 11.3 Å². The van der Waals surface area contributed by atoms with E-state index >= 15 is 0 Å². The second kappa shape index (κ2) is 6.92. The number of rotatable bonds is 5. The van der Waals surface area contributed by atoms with E-state index in [-0.39, 0.29) is 12.6 Å². The van der Waals surface area contributed by atoms with Gasteiger partial charge in [-0.3, -0.25) is 0 Å². The van der Waals surface area contributed by atoms with Crippen molar-refractivity contribution < 1.29 is 5.11 Å². The normalized spacial score (nSPS) is 12.1. The molecule has 1 heterocycles. The van der Waals surface area contributed by atoms with Gasteiger partial charge in [-0.15, -0.1) is 11.3 Å². The van der Waals surface area contributed by atoms with Crippen molar-refractivity contribution in [1.29, 1.82) is 0 Å². The summed E-state index contributed by atoms with van der Waals surface area (Å²) >= 11 is 7.42. The largest absolute Gasteiger partial charge is 0.394 e. The Labute approximate surface area is 138 Å². The molecule has 0 bridgehead atoms. The van der Waals surface area contributed by atoms with Crippen molar-refractivity contribution in [1.82, 2.24) is 4.98 Å². The zero-order chi connectivity index (χ0) is 15.4. The lowest BCUT2D eigenvalue weighted by atomic mass is 10.1. The first kappa shape index (κ1) is 15.0. The van der Waals surface area contributed by atoms with Crippen LogP contribution in [0, 0.1) is 0 Å². The highest BCUT2D eigenvalue weighted by Gasteiger charge is 2.12. The van der Waals surface area contributed by atoms with Gasteiger partial charge in [-0.2, -0.15) is 0 Å². The van der Waals surface area contributed by atoms with Crippen molar-refractivity contribution in [2.75, 3.05) is 11.9 Å². The van der Waals surface area contributed by atoms with E-state index in [0.29, 0.717) is 5.02 Å². The van der Waals surface area contributed by atoms with E-state index < -0.39 is 0 Å². The van der Waals surface area contributed by atoms with Gasteiger partial charge in [0.2, 0.25) is 0 Å². The van der Waals surface area contributed by atoms with Gasteiger partial charge in [-0.25, -0.2) is 4.98 Å². The van der Waals surface area contributed by atoms with Crippen LogP contribution in [0.4, 0.5) is 5.13 Å². The van der Waals surface area contributed by atoms with Crippen LogP contribution in [0.2, 0.25) is 5.02 Å². The zero-order valence-corrected chi connectivity index (χ0v) is 13.3. The van der Waals surface area contributed by atoms with Gasteiger partial charge >= 0.3 is 0 Å². The summed E-state index contributed by atoms with van der Waals surface area (Å²) in [5.41, 5.74) is 2.99. The van der Waals surface area contributed by atoms with Gasteiger partial charge < -0.3 is 10.4 Å². The van der Waals surface area contributed by atoms with E-state index in [4.69, 9.17) is 11.6 Å². The molecular weight excluding hydrogens is 316 g/mol. The summed E-state index contributed by atoms with van der Waals surface area (Å²) in [7, 11) is 0. The fourth-order valence-corrected chi connectivity index (χ4v) is 3.06. The van der Waals surface area contributed by atoms with Gasteiger partial charge in [0.15, 0.2) is 5.13 Å². The summed E-state index contributed by atoms with van der Waals surface area (Å²) in [6, 6.07) is 17.3. The summed E-state index contributed by atoms with van der Waals surface area (Å²) in [6.07, 6.45) is 0. The van der Waals surface area contributed by atoms with Gasteiger partial charge in [0, 0.05) is 16.0 Å².